The van der Waals surface area contributed by atoms with Crippen LogP contribution in [0.3, 0.4) is 0 Å². The Bertz CT molecular complexity index is 761. The van der Waals surface area contributed by atoms with Crippen molar-refractivity contribution in [1.29, 1.82) is 0 Å². The van der Waals surface area contributed by atoms with Crippen LogP contribution >= 0.6 is 0 Å². The smallest absolute Gasteiger partial charge is 0.306 e. The molecule has 8 heteroatoms. The molecular formula is C20H26F2N2O4. The van der Waals surface area contributed by atoms with Gasteiger partial charge in [0.15, 0.2) is 0 Å². The summed E-state index contributed by atoms with van der Waals surface area (Å²) < 4.78 is 32.2. The Labute approximate surface area is 163 Å². The first-order valence-electron chi connectivity index (χ1n) is 9.20. The van der Waals surface area contributed by atoms with Gasteiger partial charge in [0, 0.05) is 39.0 Å². The van der Waals surface area contributed by atoms with Crippen molar-refractivity contribution < 1.29 is 27.9 Å². The molecule has 0 spiro atoms. The fourth-order valence-electron chi connectivity index (χ4n) is 3.08. The number of hydrogen-bond acceptors (Lipinski definition) is 4. The molecule has 2 rings (SSSR count). The Balaban J connectivity index is 1.89. The van der Waals surface area contributed by atoms with Crippen molar-refractivity contribution in [3.63, 3.8) is 0 Å². The lowest BCUT2D eigenvalue weighted by Gasteiger charge is -2.22. The van der Waals surface area contributed by atoms with E-state index in [1.165, 1.54) is 15.9 Å². The lowest BCUT2D eigenvalue weighted by atomic mass is 10.1. The van der Waals surface area contributed by atoms with Crippen LogP contribution in [0.5, 0.6) is 0 Å². The number of carbonyl (C=O) groups excluding carboxylic acids is 3. The second-order valence-corrected chi connectivity index (χ2v) is 7.95. The summed E-state index contributed by atoms with van der Waals surface area (Å²) in [6.45, 7) is 5.73. The van der Waals surface area contributed by atoms with Gasteiger partial charge in [0.05, 0.1) is 11.6 Å². The minimum absolute atomic E-state index is 0.0331. The topological polar surface area (TPSA) is 66.9 Å². The van der Waals surface area contributed by atoms with E-state index in [0.717, 1.165) is 6.07 Å². The summed E-state index contributed by atoms with van der Waals surface area (Å²) in [5, 5.41) is 0. The van der Waals surface area contributed by atoms with E-state index in [1.54, 1.807) is 27.8 Å². The zero-order valence-corrected chi connectivity index (χ0v) is 16.6. The number of amides is 2. The molecule has 1 aliphatic rings. The summed E-state index contributed by atoms with van der Waals surface area (Å²) in [6.07, 6.45) is 0.589. The number of rotatable bonds is 6. The first-order chi connectivity index (χ1) is 13.0. The standard InChI is InChI=1S/C20H26F2N2O4/c1-20(2,3)28-18(26)6-5-9-23(4)19(27)13-10-17(25)24(12-13)16-8-7-14(21)11-15(16)22/h7-8,11,13H,5-6,9-10,12H2,1-4H3. The van der Waals surface area contributed by atoms with Crippen molar-refractivity contribution in [2.45, 2.75) is 45.6 Å². The lowest BCUT2D eigenvalue weighted by Crippen LogP contribution is -2.35. The fourth-order valence-corrected chi connectivity index (χ4v) is 3.08. The highest BCUT2D eigenvalue weighted by atomic mass is 19.1. The number of hydrogen-bond donors (Lipinski definition) is 0. The van der Waals surface area contributed by atoms with Crippen LogP contribution in [0.1, 0.15) is 40.0 Å². The quantitative estimate of drug-likeness (QED) is 0.694. The molecule has 0 radical (unpaired) electrons. The van der Waals surface area contributed by atoms with Crippen molar-refractivity contribution in [3.05, 3.63) is 29.8 Å². The normalized spacial score (nSPS) is 17.0. The van der Waals surface area contributed by atoms with Gasteiger partial charge in [0.1, 0.15) is 17.2 Å². The summed E-state index contributed by atoms with van der Waals surface area (Å²) in [6, 6.07) is 2.98. The highest BCUT2D eigenvalue weighted by Crippen LogP contribution is 2.28. The van der Waals surface area contributed by atoms with Crippen LogP contribution in [0, 0.1) is 17.6 Å². The van der Waals surface area contributed by atoms with Gasteiger partial charge in [-0.05, 0) is 39.3 Å². The first kappa shape index (κ1) is 21.8. The van der Waals surface area contributed by atoms with Gasteiger partial charge < -0.3 is 14.5 Å². The maximum absolute atomic E-state index is 13.9. The minimum Gasteiger partial charge on any atom is -0.460 e. The molecule has 28 heavy (non-hydrogen) atoms. The molecule has 154 valence electrons. The minimum atomic E-state index is -0.841. The second kappa shape index (κ2) is 8.67. The molecule has 1 aromatic rings. The summed E-state index contributed by atoms with van der Waals surface area (Å²) in [4.78, 5) is 39.2. The van der Waals surface area contributed by atoms with Crippen LogP contribution in [0.25, 0.3) is 0 Å². The number of halogens is 2. The molecular weight excluding hydrogens is 370 g/mol. The van der Waals surface area contributed by atoms with Crippen LogP contribution in [0.2, 0.25) is 0 Å². The van der Waals surface area contributed by atoms with Crippen molar-refractivity contribution in [2.24, 2.45) is 5.92 Å². The number of benzene rings is 1. The molecule has 6 nitrogen and oxygen atoms in total. The van der Waals surface area contributed by atoms with Gasteiger partial charge in [-0.1, -0.05) is 0 Å². The van der Waals surface area contributed by atoms with E-state index in [4.69, 9.17) is 4.74 Å². The molecule has 1 fully saturated rings. The predicted octanol–water partition coefficient (Wildman–Crippen LogP) is 2.90. The number of anilines is 1. The molecule has 0 aliphatic carbocycles. The predicted molar refractivity (Wildman–Crippen MR) is 99.5 cm³/mol. The third-order valence-corrected chi connectivity index (χ3v) is 4.35. The van der Waals surface area contributed by atoms with E-state index in [2.05, 4.69) is 0 Å². The Morgan fingerprint density at radius 1 is 1.29 bits per heavy atom. The van der Waals surface area contributed by atoms with Gasteiger partial charge in [0.25, 0.3) is 0 Å². The van der Waals surface area contributed by atoms with Gasteiger partial charge in [-0.2, -0.15) is 0 Å². The Hall–Kier alpha value is -2.51. The van der Waals surface area contributed by atoms with E-state index in [9.17, 15) is 23.2 Å². The highest BCUT2D eigenvalue weighted by Gasteiger charge is 2.37. The zero-order valence-electron chi connectivity index (χ0n) is 16.6. The Morgan fingerprint density at radius 3 is 2.57 bits per heavy atom. The molecule has 1 aromatic carbocycles. The third-order valence-electron chi connectivity index (χ3n) is 4.35. The molecule has 2 amide bonds. The summed E-state index contributed by atoms with van der Waals surface area (Å²) >= 11 is 0. The van der Waals surface area contributed by atoms with Crippen molar-refractivity contribution in [3.8, 4) is 0 Å². The van der Waals surface area contributed by atoms with E-state index >= 15 is 0 Å². The monoisotopic (exact) mass is 396 g/mol. The molecule has 0 N–H and O–H groups in total. The molecule has 1 aliphatic heterocycles. The molecule has 0 saturated carbocycles. The Kier molecular flexibility index (Phi) is 6.74. The molecule has 0 bridgehead atoms. The van der Waals surface area contributed by atoms with Crippen LogP contribution in [0.15, 0.2) is 18.2 Å². The van der Waals surface area contributed by atoms with Crippen LogP contribution < -0.4 is 4.90 Å². The molecule has 1 unspecified atom stereocenters. The van der Waals surface area contributed by atoms with Gasteiger partial charge in [-0.25, -0.2) is 8.78 Å². The number of nitrogens with zero attached hydrogens (tertiary/aromatic N) is 2. The van der Waals surface area contributed by atoms with Gasteiger partial charge in [-0.3, -0.25) is 14.4 Å². The maximum atomic E-state index is 13.9. The average Bonchev–Trinajstić information content (AvgIpc) is 2.94. The van der Waals surface area contributed by atoms with E-state index < -0.39 is 23.2 Å². The largest absolute Gasteiger partial charge is 0.460 e. The van der Waals surface area contributed by atoms with E-state index in [0.29, 0.717) is 19.0 Å². The van der Waals surface area contributed by atoms with Crippen LogP contribution in [-0.2, 0) is 19.1 Å². The molecule has 1 heterocycles. The van der Waals surface area contributed by atoms with Crippen LogP contribution in [0.4, 0.5) is 14.5 Å². The molecule has 1 saturated heterocycles. The molecule has 1 atom stereocenters. The summed E-state index contributed by atoms with van der Waals surface area (Å²) in [5.41, 5.74) is -0.587. The van der Waals surface area contributed by atoms with Crippen LogP contribution in [-0.4, -0.2) is 48.4 Å². The van der Waals surface area contributed by atoms with Crippen molar-refractivity contribution >= 4 is 23.5 Å². The lowest BCUT2D eigenvalue weighted by molar-refractivity contribution is -0.155. The number of esters is 1. The third kappa shape index (κ3) is 5.74. The zero-order chi connectivity index (χ0) is 21.1. The molecule has 0 aromatic heterocycles. The summed E-state index contributed by atoms with van der Waals surface area (Å²) in [5.74, 6) is -3.14. The number of carbonyl (C=O) groups is 3. The number of ether oxygens (including phenoxy) is 1. The van der Waals surface area contributed by atoms with Gasteiger partial charge >= 0.3 is 5.97 Å². The fraction of sp³-hybridized carbons (Fsp3) is 0.550. The SMILES string of the molecule is CN(CCCC(=O)OC(C)(C)C)C(=O)C1CC(=O)N(c2ccc(F)cc2F)C1. The van der Waals surface area contributed by atoms with Crippen molar-refractivity contribution in [2.75, 3.05) is 25.0 Å². The van der Waals surface area contributed by atoms with Crippen molar-refractivity contribution in [1.82, 2.24) is 4.90 Å². The maximum Gasteiger partial charge on any atom is 0.306 e. The first-order valence-corrected chi connectivity index (χ1v) is 9.20. The van der Waals surface area contributed by atoms with Gasteiger partial charge in [-0.15, -0.1) is 0 Å². The van der Waals surface area contributed by atoms with E-state index in [1.807, 2.05) is 0 Å². The summed E-state index contributed by atoms with van der Waals surface area (Å²) in [7, 11) is 1.60. The highest BCUT2D eigenvalue weighted by molar-refractivity contribution is 6.00. The van der Waals surface area contributed by atoms with E-state index in [-0.39, 0.29) is 42.9 Å². The average molecular weight is 396 g/mol. The second-order valence-electron chi connectivity index (χ2n) is 7.95. The van der Waals surface area contributed by atoms with Gasteiger partial charge in [0.2, 0.25) is 11.8 Å². The Morgan fingerprint density at radius 2 is 1.96 bits per heavy atom.